The molecule has 3 aromatic carbocycles. The summed E-state index contributed by atoms with van der Waals surface area (Å²) in [6.45, 7) is 0. The largest absolute Gasteiger partial charge is 0.493 e. The second-order valence-corrected chi connectivity index (χ2v) is 8.23. The molecular formula is C25H17F5O5S. The van der Waals surface area contributed by atoms with E-state index >= 15 is 0 Å². The van der Waals surface area contributed by atoms with Crippen LogP contribution in [0.25, 0.3) is 22.3 Å². The van der Waals surface area contributed by atoms with Gasteiger partial charge in [0.1, 0.15) is 11.3 Å². The highest BCUT2D eigenvalue weighted by Gasteiger charge is 2.28. The lowest BCUT2D eigenvalue weighted by molar-refractivity contribution is -0.134. The molecule has 1 aromatic heterocycles. The number of benzene rings is 3. The molecular weight excluding hydrogens is 507 g/mol. The van der Waals surface area contributed by atoms with Crippen LogP contribution in [0.2, 0.25) is 0 Å². The number of halogens is 5. The molecule has 4 rings (SSSR count). The number of thioether (sulfide) groups is 1. The summed E-state index contributed by atoms with van der Waals surface area (Å²) in [4.78, 5) is 13.0. The number of hydrogen-bond donors (Lipinski definition) is 0. The molecule has 0 amide bonds. The number of fused-ring (bicyclic) bond motifs is 1. The summed E-state index contributed by atoms with van der Waals surface area (Å²) in [5.41, 5.74) is 1.58. The van der Waals surface area contributed by atoms with Gasteiger partial charge in [-0.3, -0.25) is 4.79 Å². The zero-order valence-corrected chi connectivity index (χ0v) is 19.8. The molecule has 0 fully saturated rings. The molecule has 188 valence electrons. The lowest BCUT2D eigenvalue weighted by atomic mass is 10.1. The van der Waals surface area contributed by atoms with Crippen molar-refractivity contribution in [2.45, 2.75) is 11.3 Å². The van der Waals surface area contributed by atoms with Crippen molar-refractivity contribution in [2.24, 2.45) is 0 Å². The summed E-state index contributed by atoms with van der Waals surface area (Å²) in [6, 6.07) is 10.0. The van der Waals surface area contributed by atoms with Crippen LogP contribution in [0, 0.1) is 29.1 Å². The average Bonchev–Trinajstić information content (AvgIpc) is 3.26. The maximum absolute atomic E-state index is 13.8. The summed E-state index contributed by atoms with van der Waals surface area (Å²) >= 11 is 1.39. The molecule has 36 heavy (non-hydrogen) atoms. The number of furan rings is 1. The van der Waals surface area contributed by atoms with E-state index in [-0.39, 0.29) is 0 Å². The number of carbonyl (C=O) groups is 1. The number of ether oxygens (including phenoxy) is 3. The van der Waals surface area contributed by atoms with Crippen molar-refractivity contribution in [3.8, 4) is 28.6 Å². The van der Waals surface area contributed by atoms with Gasteiger partial charge in [0.2, 0.25) is 34.8 Å². The van der Waals surface area contributed by atoms with Crippen LogP contribution in [-0.2, 0) is 11.2 Å². The Labute approximate surface area is 205 Å². The first kappa shape index (κ1) is 25.4. The van der Waals surface area contributed by atoms with Gasteiger partial charge in [0.25, 0.3) is 0 Å². The quantitative estimate of drug-likeness (QED) is 0.0671. The zero-order valence-electron chi connectivity index (χ0n) is 19.0. The SMILES string of the molecule is COc1ccc(-c2oc3ccc(CC(=O)Oc4c(F)c(F)c(F)c(F)c4F)cc3c2SC)cc1OC. The minimum atomic E-state index is -2.34. The van der Waals surface area contributed by atoms with Crippen molar-refractivity contribution in [3.63, 3.8) is 0 Å². The van der Waals surface area contributed by atoms with Gasteiger partial charge < -0.3 is 18.6 Å². The number of hydrogen-bond acceptors (Lipinski definition) is 6. The molecule has 11 heteroatoms. The average molecular weight is 524 g/mol. The highest BCUT2D eigenvalue weighted by molar-refractivity contribution is 7.99. The molecule has 0 unspecified atom stereocenters. The fourth-order valence-electron chi connectivity index (χ4n) is 3.59. The Hall–Kier alpha value is -3.73. The maximum Gasteiger partial charge on any atom is 0.315 e. The number of methoxy groups -OCH3 is 2. The van der Waals surface area contributed by atoms with Gasteiger partial charge in [-0.1, -0.05) is 6.07 Å². The standard InChI is InChI=1S/C25H17F5O5S/c1-32-15-7-5-12(10-16(15)33-2)23-25(36-3)13-8-11(4-6-14(13)34-23)9-17(31)35-24-21(29)19(27)18(26)20(28)22(24)30/h4-8,10H,9H2,1-3H3. The molecule has 0 aliphatic carbocycles. The fourth-order valence-corrected chi connectivity index (χ4v) is 4.32. The summed E-state index contributed by atoms with van der Waals surface area (Å²) in [7, 11) is 3.03. The summed E-state index contributed by atoms with van der Waals surface area (Å²) in [5, 5.41) is 0.647. The summed E-state index contributed by atoms with van der Waals surface area (Å²) in [6.07, 6.45) is 1.33. The van der Waals surface area contributed by atoms with Crippen molar-refractivity contribution < 1.29 is 45.4 Å². The molecule has 0 radical (unpaired) electrons. The molecule has 0 saturated heterocycles. The van der Waals surface area contributed by atoms with Gasteiger partial charge in [0.15, 0.2) is 11.5 Å². The van der Waals surface area contributed by atoms with Crippen LogP contribution in [-0.4, -0.2) is 26.4 Å². The lowest BCUT2D eigenvalue weighted by Gasteiger charge is -2.09. The van der Waals surface area contributed by atoms with E-state index in [1.54, 1.807) is 30.3 Å². The smallest absolute Gasteiger partial charge is 0.315 e. The number of carbonyl (C=O) groups excluding carboxylic acids is 1. The van der Waals surface area contributed by atoms with E-state index in [9.17, 15) is 26.7 Å². The van der Waals surface area contributed by atoms with Gasteiger partial charge in [0, 0.05) is 10.9 Å². The van der Waals surface area contributed by atoms with Crippen molar-refractivity contribution >= 4 is 28.7 Å². The number of rotatable bonds is 7. The van der Waals surface area contributed by atoms with E-state index < -0.39 is 47.2 Å². The van der Waals surface area contributed by atoms with E-state index in [1.807, 2.05) is 6.26 Å². The normalized spacial score (nSPS) is 11.1. The third-order valence-electron chi connectivity index (χ3n) is 5.29. The van der Waals surface area contributed by atoms with Gasteiger partial charge in [-0.25, -0.2) is 13.2 Å². The summed E-state index contributed by atoms with van der Waals surface area (Å²) < 4.78 is 88.8. The van der Waals surface area contributed by atoms with Crippen LogP contribution < -0.4 is 14.2 Å². The van der Waals surface area contributed by atoms with E-state index in [4.69, 9.17) is 13.9 Å². The molecule has 0 N–H and O–H groups in total. The Morgan fingerprint density at radius 2 is 1.50 bits per heavy atom. The van der Waals surface area contributed by atoms with Crippen molar-refractivity contribution in [1.29, 1.82) is 0 Å². The van der Waals surface area contributed by atoms with Crippen molar-refractivity contribution in [1.82, 2.24) is 0 Å². The van der Waals surface area contributed by atoms with Gasteiger partial charge in [-0.2, -0.15) is 8.78 Å². The van der Waals surface area contributed by atoms with Crippen LogP contribution in [0.4, 0.5) is 22.0 Å². The number of esters is 1. The monoisotopic (exact) mass is 524 g/mol. The first-order chi connectivity index (χ1) is 17.2. The van der Waals surface area contributed by atoms with E-state index in [1.165, 1.54) is 32.0 Å². The molecule has 0 atom stereocenters. The van der Waals surface area contributed by atoms with Crippen LogP contribution in [0.1, 0.15) is 5.56 Å². The van der Waals surface area contributed by atoms with Crippen molar-refractivity contribution in [2.75, 3.05) is 20.5 Å². The molecule has 0 aliphatic heterocycles. The highest BCUT2D eigenvalue weighted by Crippen LogP contribution is 2.42. The Kier molecular flexibility index (Phi) is 7.11. The zero-order chi connectivity index (χ0) is 26.1. The Balaban J connectivity index is 1.65. The molecule has 0 saturated carbocycles. The second-order valence-electron chi connectivity index (χ2n) is 7.41. The van der Waals surface area contributed by atoms with Crippen LogP contribution >= 0.6 is 11.8 Å². The maximum atomic E-state index is 13.8. The predicted octanol–water partition coefficient (Wildman–Crippen LogP) is 6.68. The van der Waals surface area contributed by atoms with Crippen molar-refractivity contribution in [3.05, 3.63) is 71.0 Å². The Morgan fingerprint density at radius 3 is 2.11 bits per heavy atom. The summed E-state index contributed by atoms with van der Waals surface area (Å²) in [5.74, 6) is -12.5. The van der Waals surface area contributed by atoms with Gasteiger partial charge in [0.05, 0.1) is 25.5 Å². The van der Waals surface area contributed by atoms with E-state index in [2.05, 4.69) is 4.74 Å². The third kappa shape index (κ3) is 4.46. The highest BCUT2D eigenvalue weighted by atomic mass is 32.2. The molecule has 0 spiro atoms. The van der Waals surface area contributed by atoms with Crippen LogP contribution in [0.5, 0.6) is 17.2 Å². The first-order valence-electron chi connectivity index (χ1n) is 10.2. The topological polar surface area (TPSA) is 57.9 Å². The van der Waals surface area contributed by atoms with E-state index in [0.717, 1.165) is 4.90 Å². The minimum absolute atomic E-state index is 0.367. The molecule has 0 aliphatic rings. The second kappa shape index (κ2) is 10.1. The van der Waals surface area contributed by atoms with Gasteiger partial charge in [-0.15, -0.1) is 11.8 Å². The first-order valence-corrected chi connectivity index (χ1v) is 11.5. The Bertz CT molecular complexity index is 1450. The van der Waals surface area contributed by atoms with E-state index in [0.29, 0.717) is 39.4 Å². The Morgan fingerprint density at radius 1 is 0.861 bits per heavy atom. The van der Waals surface area contributed by atoms with Crippen LogP contribution in [0.3, 0.4) is 0 Å². The molecule has 0 bridgehead atoms. The third-order valence-corrected chi connectivity index (χ3v) is 6.10. The molecule has 1 heterocycles. The minimum Gasteiger partial charge on any atom is -0.493 e. The lowest BCUT2D eigenvalue weighted by Crippen LogP contribution is -2.15. The fraction of sp³-hybridized carbons (Fsp3) is 0.160. The van der Waals surface area contributed by atoms with Gasteiger partial charge >= 0.3 is 5.97 Å². The molecule has 4 aromatic rings. The molecule has 5 nitrogen and oxygen atoms in total. The van der Waals surface area contributed by atoms with Crippen LogP contribution in [0.15, 0.2) is 45.7 Å². The predicted molar refractivity (Wildman–Crippen MR) is 122 cm³/mol. The van der Waals surface area contributed by atoms with Gasteiger partial charge in [-0.05, 0) is 42.2 Å².